The highest BCUT2D eigenvalue weighted by molar-refractivity contribution is 7.89. The van der Waals surface area contributed by atoms with Crippen molar-refractivity contribution in [2.45, 2.75) is 18.7 Å². The van der Waals surface area contributed by atoms with Crippen LogP contribution in [0, 0.1) is 0 Å². The Hall–Kier alpha value is -2.55. The van der Waals surface area contributed by atoms with E-state index in [0.717, 1.165) is 11.1 Å². The van der Waals surface area contributed by atoms with Crippen molar-refractivity contribution in [1.82, 2.24) is 0 Å². The number of ether oxygens (including phenoxy) is 1. The lowest BCUT2D eigenvalue weighted by Gasteiger charge is -2.08. The van der Waals surface area contributed by atoms with E-state index in [1.807, 2.05) is 26.0 Å². The van der Waals surface area contributed by atoms with Crippen LogP contribution in [-0.4, -0.2) is 41.4 Å². The van der Waals surface area contributed by atoms with Gasteiger partial charge in [-0.25, -0.2) is 18.5 Å². The molecule has 0 aromatic heterocycles. The number of nitrogens with zero attached hydrogens (tertiary/aromatic N) is 2. The number of primary sulfonamides is 1. The fraction of sp³-hybridized carbons (Fsp3) is 0.263. The van der Waals surface area contributed by atoms with Gasteiger partial charge in [0.05, 0.1) is 10.6 Å². The van der Waals surface area contributed by atoms with Gasteiger partial charge in [0, 0.05) is 27.0 Å². The Labute approximate surface area is 162 Å². The topological polar surface area (TPSA) is 106 Å². The van der Waals surface area contributed by atoms with Crippen LogP contribution < -0.4 is 10.5 Å². The Bertz CT molecular complexity index is 836. The molecule has 27 heavy (non-hydrogen) atoms. The van der Waals surface area contributed by atoms with Crippen molar-refractivity contribution in [3.63, 3.8) is 0 Å². The first-order chi connectivity index (χ1) is 12.5. The summed E-state index contributed by atoms with van der Waals surface area (Å²) in [5.74, 6) is 0.364. The Kier molecular flexibility index (Phi) is 10.8. The Morgan fingerprint density at radius 3 is 2.04 bits per heavy atom. The minimum Gasteiger partial charge on any atom is -0.388 e. The maximum Gasteiger partial charge on any atom is 0.238 e. The van der Waals surface area contributed by atoms with Crippen LogP contribution in [0.25, 0.3) is 0 Å². The Morgan fingerprint density at radius 1 is 1.15 bits per heavy atom. The number of guanidine groups is 1. The molecular formula is C19H28N4O3S. The standard InChI is InChI=1S/C17H22N4O2S.C2H6O/c1-12(2)6-11-16(13(3)4)21-17(19-5)20-14-7-9-15(10-8-14)24(18,22)23;1-3-2/h6-11H,1,3H2,2,4-5H3,(H,19,20)(H2,18,22,23);1-2H3/b11-6-,21-16-;. The average molecular weight is 393 g/mol. The summed E-state index contributed by atoms with van der Waals surface area (Å²) in [6, 6.07) is 6.00. The minimum atomic E-state index is -3.71. The van der Waals surface area contributed by atoms with Gasteiger partial charge in [-0.05, 0) is 49.8 Å². The summed E-state index contributed by atoms with van der Waals surface area (Å²) in [4.78, 5) is 8.54. The quantitative estimate of drug-likeness (QED) is 0.456. The smallest absolute Gasteiger partial charge is 0.238 e. The number of sulfonamides is 1. The molecule has 0 spiro atoms. The molecule has 0 unspecified atom stereocenters. The van der Waals surface area contributed by atoms with Crippen LogP contribution in [0.2, 0.25) is 0 Å². The molecule has 0 atom stereocenters. The first-order valence-corrected chi connectivity index (χ1v) is 9.44. The molecule has 0 bridgehead atoms. The van der Waals surface area contributed by atoms with Crippen molar-refractivity contribution in [3.05, 3.63) is 60.7 Å². The van der Waals surface area contributed by atoms with Crippen molar-refractivity contribution >= 4 is 27.4 Å². The van der Waals surface area contributed by atoms with Gasteiger partial charge in [-0.15, -0.1) is 0 Å². The fourth-order valence-corrected chi connectivity index (χ4v) is 2.12. The molecule has 0 fully saturated rings. The molecule has 1 aromatic carbocycles. The predicted molar refractivity (Wildman–Crippen MR) is 114 cm³/mol. The lowest BCUT2D eigenvalue weighted by molar-refractivity contribution is 0.277. The van der Waals surface area contributed by atoms with Crippen molar-refractivity contribution < 1.29 is 13.2 Å². The summed E-state index contributed by atoms with van der Waals surface area (Å²) < 4.78 is 26.8. The number of allylic oxidation sites excluding steroid dienone is 4. The molecule has 0 aliphatic carbocycles. The molecule has 1 rings (SSSR count). The molecule has 7 nitrogen and oxygen atoms in total. The highest BCUT2D eigenvalue weighted by Gasteiger charge is 2.07. The molecular weight excluding hydrogens is 364 g/mol. The van der Waals surface area contributed by atoms with Crippen LogP contribution in [0.15, 0.2) is 75.6 Å². The van der Waals surface area contributed by atoms with Gasteiger partial charge in [-0.1, -0.05) is 24.8 Å². The summed E-state index contributed by atoms with van der Waals surface area (Å²) in [7, 11) is 1.14. The van der Waals surface area contributed by atoms with Crippen molar-refractivity contribution in [2.24, 2.45) is 15.1 Å². The normalized spacial score (nSPS) is 12.4. The second-order valence-electron chi connectivity index (χ2n) is 5.61. The molecule has 1 aromatic rings. The summed E-state index contributed by atoms with van der Waals surface area (Å²) in [5.41, 5.74) is 2.97. The van der Waals surface area contributed by atoms with E-state index in [4.69, 9.17) is 5.14 Å². The SMILES string of the molecule is C=C(C)/C=C\C(=N\C(=NC)Nc1ccc(S(N)(=O)=O)cc1)C(=C)C.COC. The summed E-state index contributed by atoms with van der Waals surface area (Å²) in [6.07, 6.45) is 3.64. The zero-order valence-corrected chi connectivity index (χ0v) is 17.3. The van der Waals surface area contributed by atoms with E-state index in [-0.39, 0.29) is 4.90 Å². The zero-order valence-electron chi connectivity index (χ0n) is 16.5. The van der Waals surface area contributed by atoms with Gasteiger partial charge in [0.2, 0.25) is 16.0 Å². The van der Waals surface area contributed by atoms with E-state index in [1.54, 1.807) is 33.4 Å². The van der Waals surface area contributed by atoms with Crippen molar-refractivity contribution in [2.75, 3.05) is 26.6 Å². The van der Waals surface area contributed by atoms with Gasteiger partial charge in [-0.3, -0.25) is 4.99 Å². The number of nitrogens with one attached hydrogen (secondary N) is 1. The number of hydrogen-bond acceptors (Lipinski definition) is 4. The van der Waals surface area contributed by atoms with E-state index < -0.39 is 10.0 Å². The monoisotopic (exact) mass is 392 g/mol. The summed E-state index contributed by atoms with van der Waals surface area (Å²) in [5, 5.41) is 8.08. The minimum absolute atomic E-state index is 0.0403. The predicted octanol–water partition coefficient (Wildman–Crippen LogP) is 3.14. The molecule has 0 radical (unpaired) electrons. The number of nitrogens with two attached hydrogens (primary N) is 1. The van der Waals surface area contributed by atoms with Crippen LogP contribution in [0.3, 0.4) is 0 Å². The summed E-state index contributed by atoms with van der Waals surface area (Å²) >= 11 is 0. The number of anilines is 1. The molecule has 0 saturated carbocycles. The van der Waals surface area contributed by atoms with Crippen LogP contribution in [0.4, 0.5) is 5.69 Å². The Balaban J connectivity index is 0.00000210. The van der Waals surface area contributed by atoms with E-state index in [1.165, 1.54) is 12.1 Å². The largest absolute Gasteiger partial charge is 0.388 e. The molecule has 0 amide bonds. The number of benzene rings is 1. The molecule has 0 aliphatic heterocycles. The van der Waals surface area contributed by atoms with E-state index >= 15 is 0 Å². The van der Waals surface area contributed by atoms with Crippen LogP contribution >= 0.6 is 0 Å². The molecule has 0 saturated heterocycles. The number of hydrogen-bond donors (Lipinski definition) is 2. The fourth-order valence-electron chi connectivity index (χ4n) is 1.60. The molecule has 0 aliphatic rings. The number of methoxy groups -OCH3 is 1. The zero-order chi connectivity index (χ0) is 21.0. The highest BCUT2D eigenvalue weighted by atomic mass is 32.2. The maximum absolute atomic E-state index is 11.3. The van der Waals surface area contributed by atoms with E-state index in [9.17, 15) is 8.42 Å². The lowest BCUT2D eigenvalue weighted by Crippen LogP contribution is -2.14. The van der Waals surface area contributed by atoms with E-state index in [2.05, 4.69) is 33.2 Å². The number of aliphatic imine (C=N–C) groups is 2. The third kappa shape index (κ3) is 10.2. The highest BCUT2D eigenvalue weighted by Crippen LogP contribution is 2.13. The first kappa shape index (κ1) is 24.5. The first-order valence-electron chi connectivity index (χ1n) is 7.90. The molecule has 0 heterocycles. The molecule has 148 valence electrons. The third-order valence-corrected chi connectivity index (χ3v) is 3.77. The average Bonchev–Trinajstić information content (AvgIpc) is 2.57. The van der Waals surface area contributed by atoms with Crippen LogP contribution in [0.1, 0.15) is 13.8 Å². The van der Waals surface area contributed by atoms with Gasteiger partial charge in [0.1, 0.15) is 0 Å². The second kappa shape index (κ2) is 11.9. The van der Waals surface area contributed by atoms with Crippen LogP contribution in [-0.2, 0) is 14.8 Å². The molecule has 3 N–H and O–H groups in total. The van der Waals surface area contributed by atoms with Gasteiger partial charge in [-0.2, -0.15) is 0 Å². The van der Waals surface area contributed by atoms with Crippen molar-refractivity contribution in [1.29, 1.82) is 0 Å². The van der Waals surface area contributed by atoms with Crippen molar-refractivity contribution in [3.8, 4) is 0 Å². The van der Waals surface area contributed by atoms with Gasteiger partial charge in [0.15, 0.2) is 0 Å². The van der Waals surface area contributed by atoms with Gasteiger partial charge >= 0.3 is 0 Å². The Morgan fingerprint density at radius 2 is 1.67 bits per heavy atom. The van der Waals surface area contributed by atoms with E-state index in [0.29, 0.717) is 17.4 Å². The maximum atomic E-state index is 11.3. The molecule has 8 heteroatoms. The van der Waals surface area contributed by atoms with Gasteiger partial charge < -0.3 is 10.1 Å². The third-order valence-electron chi connectivity index (χ3n) is 2.84. The summed E-state index contributed by atoms with van der Waals surface area (Å²) in [6.45, 7) is 11.4. The lowest BCUT2D eigenvalue weighted by atomic mass is 10.1. The number of rotatable bonds is 5. The van der Waals surface area contributed by atoms with Gasteiger partial charge in [0.25, 0.3) is 0 Å². The second-order valence-corrected chi connectivity index (χ2v) is 7.17. The van der Waals surface area contributed by atoms with Crippen LogP contribution in [0.5, 0.6) is 0 Å².